The third-order valence-corrected chi connectivity index (χ3v) is 5.74. The van der Waals surface area contributed by atoms with Gasteiger partial charge in [-0.25, -0.2) is 17.5 Å². The Kier molecular flexibility index (Phi) is 5.50. The van der Waals surface area contributed by atoms with Crippen LogP contribution in [0.5, 0.6) is 0 Å². The zero-order valence-corrected chi connectivity index (χ0v) is 16.7. The molecule has 3 rings (SSSR count). The minimum absolute atomic E-state index is 0.0834. The smallest absolute Gasteiger partial charge is 0.283 e. The molecule has 0 saturated heterocycles. The first-order valence-electron chi connectivity index (χ1n) is 8.61. The third kappa shape index (κ3) is 4.25. The SMILES string of the molecule is Cc1c(NS(=O)(=O)Cc2ccccc2F)c(=O)n(-c2cccc(C(F)(F)F)c2)n1C. The molecule has 0 spiro atoms. The predicted octanol–water partition coefficient (Wildman–Crippen LogP) is 3.58. The molecule has 0 saturated carbocycles. The fourth-order valence-corrected chi connectivity index (χ4v) is 4.20. The maximum atomic E-state index is 13.8. The number of hydrogen-bond acceptors (Lipinski definition) is 3. The fraction of sp³-hybridized carbons (Fsp3) is 0.211. The van der Waals surface area contributed by atoms with Crippen molar-refractivity contribution in [2.45, 2.75) is 18.9 Å². The molecule has 3 aromatic rings. The lowest BCUT2D eigenvalue weighted by atomic mass is 10.2. The molecule has 0 fully saturated rings. The molecule has 160 valence electrons. The van der Waals surface area contributed by atoms with Crippen molar-refractivity contribution in [1.82, 2.24) is 9.36 Å². The quantitative estimate of drug-likeness (QED) is 0.613. The number of hydrogen-bond donors (Lipinski definition) is 1. The van der Waals surface area contributed by atoms with Crippen LogP contribution >= 0.6 is 0 Å². The lowest BCUT2D eigenvalue weighted by molar-refractivity contribution is -0.137. The van der Waals surface area contributed by atoms with Gasteiger partial charge in [0, 0.05) is 12.6 Å². The van der Waals surface area contributed by atoms with Crippen molar-refractivity contribution < 1.29 is 26.0 Å². The summed E-state index contributed by atoms with van der Waals surface area (Å²) in [6, 6.07) is 9.40. The van der Waals surface area contributed by atoms with Crippen LogP contribution in [0.15, 0.2) is 53.3 Å². The van der Waals surface area contributed by atoms with Gasteiger partial charge in [-0.1, -0.05) is 24.3 Å². The van der Waals surface area contributed by atoms with E-state index < -0.39 is 38.9 Å². The second-order valence-corrected chi connectivity index (χ2v) is 8.32. The summed E-state index contributed by atoms with van der Waals surface area (Å²) >= 11 is 0. The number of nitrogens with zero attached hydrogens (tertiary/aromatic N) is 2. The molecule has 0 aliphatic carbocycles. The van der Waals surface area contributed by atoms with Crippen molar-refractivity contribution in [3.05, 3.63) is 81.5 Å². The predicted molar refractivity (Wildman–Crippen MR) is 103 cm³/mol. The number of aromatic nitrogens is 2. The molecule has 1 heterocycles. The van der Waals surface area contributed by atoms with Crippen molar-refractivity contribution in [2.75, 3.05) is 4.72 Å². The second kappa shape index (κ2) is 7.63. The van der Waals surface area contributed by atoms with Gasteiger partial charge >= 0.3 is 6.18 Å². The van der Waals surface area contributed by atoms with E-state index in [4.69, 9.17) is 0 Å². The molecule has 0 atom stereocenters. The van der Waals surface area contributed by atoms with Gasteiger partial charge in [-0.2, -0.15) is 13.2 Å². The summed E-state index contributed by atoms with van der Waals surface area (Å²) in [4.78, 5) is 12.8. The van der Waals surface area contributed by atoms with Crippen molar-refractivity contribution >= 4 is 15.7 Å². The number of sulfonamides is 1. The van der Waals surface area contributed by atoms with Gasteiger partial charge in [0.05, 0.1) is 22.7 Å². The summed E-state index contributed by atoms with van der Waals surface area (Å²) in [5.41, 5.74) is -2.13. The molecular weight excluding hydrogens is 426 g/mol. The highest BCUT2D eigenvalue weighted by Gasteiger charge is 2.31. The molecule has 30 heavy (non-hydrogen) atoms. The summed E-state index contributed by atoms with van der Waals surface area (Å²) in [6.07, 6.45) is -4.61. The van der Waals surface area contributed by atoms with Crippen LogP contribution in [-0.2, 0) is 29.0 Å². The minimum Gasteiger partial charge on any atom is -0.283 e. The number of rotatable bonds is 5. The van der Waals surface area contributed by atoms with Crippen LogP contribution in [0.25, 0.3) is 5.69 Å². The Hall–Kier alpha value is -3.08. The third-order valence-electron chi connectivity index (χ3n) is 4.53. The fourth-order valence-electron chi connectivity index (χ4n) is 2.94. The molecule has 0 bridgehead atoms. The molecule has 0 aliphatic heterocycles. The van der Waals surface area contributed by atoms with Gasteiger partial charge in [-0.3, -0.25) is 14.2 Å². The summed E-state index contributed by atoms with van der Waals surface area (Å²) in [6.45, 7) is 1.44. The standard InChI is InChI=1S/C19H17F4N3O3S/c1-12-17(24-30(28,29)11-13-6-3-4-9-16(13)20)18(27)26(25(12)2)15-8-5-7-14(10-15)19(21,22)23/h3-10,24H,11H2,1-2H3. The van der Waals surface area contributed by atoms with Crippen molar-refractivity contribution in [3.8, 4) is 5.69 Å². The first-order chi connectivity index (χ1) is 13.9. The zero-order chi connectivity index (χ0) is 22.3. The largest absolute Gasteiger partial charge is 0.416 e. The Balaban J connectivity index is 2.01. The molecule has 11 heteroatoms. The summed E-state index contributed by atoms with van der Waals surface area (Å²) in [7, 11) is -2.76. The van der Waals surface area contributed by atoms with Crippen LogP contribution in [0.1, 0.15) is 16.8 Å². The molecule has 2 aromatic carbocycles. The van der Waals surface area contributed by atoms with Gasteiger partial charge in [-0.15, -0.1) is 0 Å². The van der Waals surface area contributed by atoms with Crippen LogP contribution < -0.4 is 10.3 Å². The topological polar surface area (TPSA) is 73.1 Å². The Labute approximate surface area is 169 Å². The summed E-state index contributed by atoms with van der Waals surface area (Å²) < 4.78 is 82.1. The van der Waals surface area contributed by atoms with E-state index in [1.807, 2.05) is 0 Å². The monoisotopic (exact) mass is 443 g/mol. The van der Waals surface area contributed by atoms with E-state index in [0.717, 1.165) is 28.9 Å². The highest BCUT2D eigenvalue weighted by atomic mass is 32.2. The van der Waals surface area contributed by atoms with E-state index in [0.29, 0.717) is 0 Å². The van der Waals surface area contributed by atoms with Gasteiger partial charge in [0.1, 0.15) is 11.5 Å². The van der Waals surface area contributed by atoms with Crippen molar-refractivity contribution in [3.63, 3.8) is 0 Å². The molecular formula is C19H17F4N3O3S. The Morgan fingerprint density at radius 2 is 1.73 bits per heavy atom. The molecule has 1 aromatic heterocycles. The molecule has 0 amide bonds. The Morgan fingerprint density at radius 3 is 2.37 bits per heavy atom. The van der Waals surface area contributed by atoms with Crippen LogP contribution in [0.3, 0.4) is 0 Å². The Morgan fingerprint density at radius 1 is 1.07 bits per heavy atom. The molecule has 6 nitrogen and oxygen atoms in total. The van der Waals surface area contributed by atoms with Crippen LogP contribution in [-0.4, -0.2) is 17.8 Å². The van der Waals surface area contributed by atoms with E-state index in [1.165, 1.54) is 42.9 Å². The number of anilines is 1. The normalized spacial score (nSPS) is 12.2. The number of alkyl halides is 3. The maximum absolute atomic E-state index is 13.8. The first kappa shape index (κ1) is 21.6. The van der Waals surface area contributed by atoms with Gasteiger partial charge < -0.3 is 0 Å². The average molecular weight is 443 g/mol. The zero-order valence-electron chi connectivity index (χ0n) is 15.9. The molecule has 0 radical (unpaired) electrons. The van der Waals surface area contributed by atoms with Crippen LogP contribution in [0, 0.1) is 12.7 Å². The van der Waals surface area contributed by atoms with Crippen LogP contribution in [0.4, 0.5) is 23.2 Å². The number of nitrogens with one attached hydrogen (secondary N) is 1. The number of benzene rings is 2. The molecule has 0 unspecified atom stereocenters. The minimum atomic E-state index is -4.61. The van der Waals surface area contributed by atoms with E-state index in [-0.39, 0.29) is 22.6 Å². The maximum Gasteiger partial charge on any atom is 0.416 e. The van der Waals surface area contributed by atoms with Gasteiger partial charge in [0.2, 0.25) is 10.0 Å². The van der Waals surface area contributed by atoms with E-state index >= 15 is 0 Å². The van der Waals surface area contributed by atoms with Crippen LogP contribution in [0.2, 0.25) is 0 Å². The average Bonchev–Trinajstić information content (AvgIpc) is 2.86. The first-order valence-corrected chi connectivity index (χ1v) is 10.3. The lowest BCUT2D eigenvalue weighted by Crippen LogP contribution is -2.24. The van der Waals surface area contributed by atoms with Crippen molar-refractivity contribution in [1.29, 1.82) is 0 Å². The van der Waals surface area contributed by atoms with E-state index in [9.17, 15) is 30.8 Å². The van der Waals surface area contributed by atoms with E-state index in [2.05, 4.69) is 4.72 Å². The highest BCUT2D eigenvalue weighted by Crippen LogP contribution is 2.30. The number of halogens is 4. The lowest BCUT2D eigenvalue weighted by Gasteiger charge is -2.11. The van der Waals surface area contributed by atoms with Gasteiger partial charge in [0.15, 0.2) is 0 Å². The Bertz CT molecular complexity index is 1260. The summed E-state index contributed by atoms with van der Waals surface area (Å²) in [5, 5.41) is 0. The van der Waals surface area contributed by atoms with Gasteiger partial charge in [-0.05, 0) is 31.2 Å². The molecule has 1 N–H and O–H groups in total. The van der Waals surface area contributed by atoms with Gasteiger partial charge in [0.25, 0.3) is 5.56 Å². The molecule has 0 aliphatic rings. The second-order valence-electron chi connectivity index (χ2n) is 6.60. The van der Waals surface area contributed by atoms with E-state index in [1.54, 1.807) is 0 Å². The highest BCUT2D eigenvalue weighted by molar-refractivity contribution is 7.91. The van der Waals surface area contributed by atoms with Crippen molar-refractivity contribution in [2.24, 2.45) is 7.05 Å². The summed E-state index contributed by atoms with van der Waals surface area (Å²) in [5.74, 6) is -1.43.